The molecule has 5 heteroatoms. The second-order valence-electron chi connectivity index (χ2n) is 5.52. The molecule has 1 fully saturated rings. The topological polar surface area (TPSA) is 57.8 Å². The molecule has 1 saturated carbocycles. The minimum Gasteiger partial charge on any atom is -0.344 e. The van der Waals surface area contributed by atoms with Gasteiger partial charge in [-0.1, -0.05) is 36.6 Å². The molecule has 1 aliphatic carbocycles. The van der Waals surface area contributed by atoms with Gasteiger partial charge in [0.25, 0.3) is 5.91 Å². The Balaban J connectivity index is 1.84. The van der Waals surface area contributed by atoms with Gasteiger partial charge in [-0.05, 0) is 42.5 Å². The van der Waals surface area contributed by atoms with Crippen molar-refractivity contribution in [1.29, 1.82) is 0 Å². The molecule has 4 nitrogen and oxygen atoms in total. The first-order valence-corrected chi connectivity index (χ1v) is 7.67. The molecule has 0 saturated heterocycles. The summed E-state index contributed by atoms with van der Waals surface area (Å²) in [4.78, 5) is 12.3. The summed E-state index contributed by atoms with van der Waals surface area (Å²) >= 11 is 6.10. The van der Waals surface area contributed by atoms with Crippen LogP contribution in [0.2, 0.25) is 5.02 Å². The van der Waals surface area contributed by atoms with Crippen molar-refractivity contribution in [3.05, 3.63) is 52.8 Å². The van der Waals surface area contributed by atoms with Crippen LogP contribution in [0, 0.1) is 5.92 Å². The summed E-state index contributed by atoms with van der Waals surface area (Å²) in [5, 5.41) is 10.4. The maximum atomic E-state index is 12.3. The van der Waals surface area contributed by atoms with Crippen LogP contribution in [-0.4, -0.2) is 16.1 Å². The molecule has 1 heterocycles. The molecule has 1 aromatic heterocycles. The van der Waals surface area contributed by atoms with Crippen LogP contribution in [0.4, 0.5) is 0 Å². The second-order valence-corrected chi connectivity index (χ2v) is 5.96. The summed E-state index contributed by atoms with van der Waals surface area (Å²) in [6.07, 6.45) is 6.31. The fraction of sp³-hybridized carbons (Fsp3) is 0.375. The molecule has 1 atom stereocenters. The molecular formula is C16H18ClN3O. The Kier molecular flexibility index (Phi) is 4.25. The number of H-pyrrole nitrogens is 1. The molecular weight excluding hydrogens is 286 g/mol. The summed E-state index contributed by atoms with van der Waals surface area (Å²) in [5.74, 6) is 0.347. The fourth-order valence-corrected chi connectivity index (χ4v) is 3.26. The number of carbonyl (C=O) groups is 1. The molecule has 1 amide bonds. The van der Waals surface area contributed by atoms with Gasteiger partial charge in [0, 0.05) is 11.2 Å². The number of benzene rings is 1. The van der Waals surface area contributed by atoms with Crippen molar-refractivity contribution in [3.8, 4) is 0 Å². The molecule has 0 bridgehead atoms. The van der Waals surface area contributed by atoms with Gasteiger partial charge in [0.15, 0.2) is 0 Å². The molecule has 1 aromatic carbocycles. The van der Waals surface area contributed by atoms with Gasteiger partial charge in [-0.25, -0.2) is 0 Å². The quantitative estimate of drug-likeness (QED) is 0.904. The molecule has 21 heavy (non-hydrogen) atoms. The first-order valence-electron chi connectivity index (χ1n) is 7.30. The smallest absolute Gasteiger partial charge is 0.269 e. The van der Waals surface area contributed by atoms with Crippen molar-refractivity contribution in [2.24, 2.45) is 5.92 Å². The minimum absolute atomic E-state index is 0.00185. The van der Waals surface area contributed by atoms with Crippen molar-refractivity contribution < 1.29 is 4.79 Å². The summed E-state index contributed by atoms with van der Waals surface area (Å²) < 4.78 is 0. The second kappa shape index (κ2) is 6.31. The van der Waals surface area contributed by atoms with Crippen molar-refractivity contribution in [2.45, 2.75) is 31.7 Å². The van der Waals surface area contributed by atoms with E-state index in [0.717, 1.165) is 18.4 Å². The number of halogens is 1. The normalized spacial score (nSPS) is 16.8. The van der Waals surface area contributed by atoms with Gasteiger partial charge < -0.3 is 5.32 Å². The Morgan fingerprint density at radius 1 is 1.33 bits per heavy atom. The van der Waals surface area contributed by atoms with E-state index in [1.54, 1.807) is 12.3 Å². The van der Waals surface area contributed by atoms with Crippen LogP contribution in [0.25, 0.3) is 0 Å². The Labute approximate surface area is 128 Å². The first kappa shape index (κ1) is 14.1. The van der Waals surface area contributed by atoms with Crippen LogP contribution in [0.3, 0.4) is 0 Å². The summed E-state index contributed by atoms with van der Waals surface area (Å²) in [7, 11) is 0. The predicted octanol–water partition coefficient (Wildman–Crippen LogP) is 3.72. The van der Waals surface area contributed by atoms with Gasteiger partial charge in [-0.15, -0.1) is 0 Å². The van der Waals surface area contributed by atoms with E-state index >= 15 is 0 Å². The molecule has 1 unspecified atom stereocenters. The maximum Gasteiger partial charge on any atom is 0.269 e. The highest BCUT2D eigenvalue weighted by Gasteiger charge is 2.28. The molecule has 0 radical (unpaired) electrons. The standard InChI is InChI=1S/C16H18ClN3O/c17-13-7-3-6-12(10-13)15(11-4-1-2-5-11)19-16(21)14-8-9-18-20-14/h3,6-11,15H,1-2,4-5H2,(H,18,20)(H,19,21). The van der Waals surface area contributed by atoms with Crippen LogP contribution in [-0.2, 0) is 0 Å². The molecule has 2 N–H and O–H groups in total. The average Bonchev–Trinajstić information content (AvgIpc) is 3.17. The lowest BCUT2D eigenvalue weighted by Gasteiger charge is -2.25. The zero-order valence-corrected chi connectivity index (χ0v) is 12.4. The van der Waals surface area contributed by atoms with E-state index in [2.05, 4.69) is 15.5 Å². The van der Waals surface area contributed by atoms with Crippen LogP contribution in [0.1, 0.15) is 47.8 Å². The number of rotatable bonds is 4. The predicted molar refractivity (Wildman–Crippen MR) is 82.2 cm³/mol. The van der Waals surface area contributed by atoms with Crippen LogP contribution >= 0.6 is 11.6 Å². The Bertz CT molecular complexity index is 606. The van der Waals surface area contributed by atoms with Crippen molar-refractivity contribution in [1.82, 2.24) is 15.5 Å². The molecule has 3 rings (SSSR count). The van der Waals surface area contributed by atoms with Gasteiger partial charge in [-0.2, -0.15) is 5.10 Å². The first-order chi connectivity index (χ1) is 10.2. The Morgan fingerprint density at radius 3 is 2.81 bits per heavy atom. The number of nitrogens with one attached hydrogen (secondary N) is 2. The maximum absolute atomic E-state index is 12.3. The average molecular weight is 304 g/mol. The minimum atomic E-state index is -0.121. The largest absolute Gasteiger partial charge is 0.344 e. The van der Waals surface area contributed by atoms with E-state index in [0.29, 0.717) is 16.6 Å². The van der Waals surface area contributed by atoms with Crippen molar-refractivity contribution >= 4 is 17.5 Å². The van der Waals surface area contributed by atoms with E-state index in [1.165, 1.54) is 12.8 Å². The number of nitrogens with zero attached hydrogens (tertiary/aromatic N) is 1. The molecule has 0 spiro atoms. The van der Waals surface area contributed by atoms with E-state index in [4.69, 9.17) is 11.6 Å². The lowest BCUT2D eigenvalue weighted by atomic mass is 9.91. The van der Waals surface area contributed by atoms with E-state index in [9.17, 15) is 4.79 Å². The SMILES string of the molecule is O=C(NC(c1cccc(Cl)c1)C1CCCC1)c1ccn[nH]1. The highest BCUT2D eigenvalue weighted by molar-refractivity contribution is 6.30. The number of hydrogen-bond donors (Lipinski definition) is 2. The lowest BCUT2D eigenvalue weighted by Crippen LogP contribution is -2.33. The zero-order chi connectivity index (χ0) is 14.7. The van der Waals surface area contributed by atoms with Crippen molar-refractivity contribution in [3.63, 3.8) is 0 Å². The third-order valence-corrected chi connectivity index (χ3v) is 4.35. The number of aromatic nitrogens is 2. The van der Waals surface area contributed by atoms with E-state index in [1.807, 2.05) is 24.3 Å². The highest BCUT2D eigenvalue weighted by Crippen LogP contribution is 2.36. The van der Waals surface area contributed by atoms with Gasteiger partial charge in [0.1, 0.15) is 5.69 Å². The molecule has 2 aromatic rings. The number of hydrogen-bond acceptors (Lipinski definition) is 2. The summed E-state index contributed by atoms with van der Waals surface area (Å²) in [6.45, 7) is 0. The molecule has 1 aliphatic rings. The highest BCUT2D eigenvalue weighted by atomic mass is 35.5. The van der Waals surface area contributed by atoms with Crippen LogP contribution < -0.4 is 5.32 Å². The number of amides is 1. The third-order valence-electron chi connectivity index (χ3n) is 4.11. The zero-order valence-electron chi connectivity index (χ0n) is 11.7. The fourth-order valence-electron chi connectivity index (χ4n) is 3.07. The molecule has 0 aliphatic heterocycles. The molecule has 110 valence electrons. The van der Waals surface area contributed by atoms with Gasteiger partial charge in [0.05, 0.1) is 6.04 Å². The monoisotopic (exact) mass is 303 g/mol. The lowest BCUT2D eigenvalue weighted by molar-refractivity contribution is 0.0916. The van der Waals surface area contributed by atoms with E-state index in [-0.39, 0.29) is 11.9 Å². The van der Waals surface area contributed by atoms with Gasteiger partial charge in [0.2, 0.25) is 0 Å². The third kappa shape index (κ3) is 3.27. The summed E-state index contributed by atoms with van der Waals surface area (Å²) in [6, 6.07) is 9.44. The van der Waals surface area contributed by atoms with Crippen LogP contribution in [0.15, 0.2) is 36.5 Å². The Morgan fingerprint density at radius 2 is 2.14 bits per heavy atom. The van der Waals surface area contributed by atoms with Gasteiger partial charge in [-0.3, -0.25) is 9.89 Å². The van der Waals surface area contributed by atoms with Crippen molar-refractivity contribution in [2.75, 3.05) is 0 Å². The number of aromatic amines is 1. The van der Waals surface area contributed by atoms with Crippen LogP contribution in [0.5, 0.6) is 0 Å². The van der Waals surface area contributed by atoms with Gasteiger partial charge >= 0.3 is 0 Å². The van der Waals surface area contributed by atoms with E-state index < -0.39 is 0 Å². The Hall–Kier alpha value is -1.81. The summed E-state index contributed by atoms with van der Waals surface area (Å²) in [5.41, 5.74) is 1.56. The number of carbonyl (C=O) groups excluding carboxylic acids is 1.